The van der Waals surface area contributed by atoms with Crippen LogP contribution in [0.1, 0.15) is 34.1 Å². The Morgan fingerprint density at radius 2 is 1.32 bits per heavy atom. The van der Waals surface area contributed by atoms with Gasteiger partial charge in [-0.15, -0.1) is 0 Å². The topological polar surface area (TPSA) is 133 Å². The fourth-order valence-electron chi connectivity index (χ4n) is 2.35. The lowest BCUT2D eigenvalue weighted by Gasteiger charge is -2.28. The van der Waals surface area contributed by atoms with Crippen LogP contribution in [0.5, 0.6) is 0 Å². The Morgan fingerprint density at radius 3 is 1.81 bits per heavy atom. The van der Waals surface area contributed by atoms with Crippen molar-refractivity contribution in [1.29, 1.82) is 0 Å². The quantitative estimate of drug-likeness (QED) is 0.128. The number of carbonyl (C=O) groups is 3. The molecule has 0 unspecified atom stereocenters. The molecule has 0 saturated heterocycles. The van der Waals surface area contributed by atoms with E-state index in [1.54, 1.807) is 0 Å². The number of ether oxygens (including phenoxy) is 2. The Hall–Kier alpha value is -2.15. The van der Waals surface area contributed by atoms with Crippen molar-refractivity contribution in [3.05, 3.63) is 12.2 Å². The molecule has 0 heterocycles. The zero-order valence-corrected chi connectivity index (χ0v) is 20.0. The molecule has 0 aromatic heterocycles. The predicted octanol–water partition coefficient (Wildman–Crippen LogP) is 1.57. The summed E-state index contributed by atoms with van der Waals surface area (Å²) in [7, 11) is -2.72. The largest absolute Gasteiger partial charge is 0.500 e. The molecule has 12 heteroatoms. The number of amides is 3. The monoisotopic (exact) mass is 463 g/mol. The number of hydrogen-bond donors (Lipinski definition) is 3. The number of nitrogens with one attached hydrogen (secondary N) is 3. The third-order valence-corrected chi connectivity index (χ3v) is 6.76. The van der Waals surface area contributed by atoms with E-state index < -0.39 is 26.9 Å². The van der Waals surface area contributed by atoms with Crippen molar-refractivity contribution in [1.82, 2.24) is 16.0 Å². The predicted molar refractivity (Wildman–Crippen MR) is 117 cm³/mol. The van der Waals surface area contributed by atoms with Gasteiger partial charge < -0.3 is 38.7 Å². The van der Waals surface area contributed by atoms with Crippen molar-refractivity contribution in [2.24, 2.45) is 0 Å². The highest BCUT2D eigenvalue weighted by Crippen LogP contribution is 2.17. The Labute approximate surface area is 185 Å². The fourth-order valence-corrected chi connectivity index (χ4v) is 4.96. The van der Waals surface area contributed by atoms with Crippen LogP contribution < -0.4 is 16.0 Å². The summed E-state index contributed by atoms with van der Waals surface area (Å²) in [6.45, 7) is 12.9. The third kappa shape index (κ3) is 14.5. The number of alkyl carbamates (subject to hydrolysis) is 1. The second-order valence-electron chi connectivity index (χ2n) is 6.25. The smallest absolute Gasteiger partial charge is 0.460 e. The van der Waals surface area contributed by atoms with Gasteiger partial charge in [0.2, 0.25) is 0 Å². The van der Waals surface area contributed by atoms with Crippen LogP contribution in [-0.2, 0) is 27.5 Å². The average Bonchev–Trinajstić information content (AvgIpc) is 2.72. The highest BCUT2D eigenvalue weighted by atomic mass is 28.4. The molecule has 0 aliphatic rings. The highest BCUT2D eigenvalue weighted by Gasteiger charge is 2.39. The van der Waals surface area contributed by atoms with Gasteiger partial charge in [-0.25, -0.2) is 14.4 Å². The molecule has 0 aromatic carbocycles. The number of rotatable bonds is 17. The first kappa shape index (κ1) is 28.8. The van der Waals surface area contributed by atoms with Crippen LogP contribution in [-0.4, -0.2) is 79.6 Å². The van der Waals surface area contributed by atoms with Crippen molar-refractivity contribution in [3.63, 3.8) is 0 Å². The maximum Gasteiger partial charge on any atom is 0.500 e. The first-order chi connectivity index (χ1) is 14.8. The summed E-state index contributed by atoms with van der Waals surface area (Å²) in [6.07, 6.45) is 0.0446. The van der Waals surface area contributed by atoms with E-state index in [0.717, 1.165) is 0 Å². The normalized spacial score (nSPS) is 10.8. The van der Waals surface area contributed by atoms with Gasteiger partial charge in [-0.1, -0.05) is 6.58 Å². The average molecular weight is 464 g/mol. The zero-order chi connectivity index (χ0) is 23.5. The third-order valence-electron chi connectivity index (χ3n) is 3.61. The van der Waals surface area contributed by atoms with Crippen molar-refractivity contribution in [2.75, 3.05) is 52.7 Å². The van der Waals surface area contributed by atoms with Crippen molar-refractivity contribution >= 4 is 26.9 Å². The van der Waals surface area contributed by atoms with Gasteiger partial charge in [0.15, 0.2) is 0 Å². The van der Waals surface area contributed by atoms with Gasteiger partial charge >= 0.3 is 26.9 Å². The summed E-state index contributed by atoms with van der Waals surface area (Å²) in [5, 5.41) is 7.67. The summed E-state index contributed by atoms with van der Waals surface area (Å²) in [4.78, 5) is 34.5. The van der Waals surface area contributed by atoms with E-state index in [4.69, 9.17) is 22.8 Å². The second-order valence-corrected chi connectivity index (χ2v) is 8.98. The summed E-state index contributed by atoms with van der Waals surface area (Å²) < 4.78 is 27.1. The Balaban J connectivity index is 3.88. The number of carbonyl (C=O) groups excluding carboxylic acids is 3. The minimum absolute atomic E-state index is 0.0133. The maximum atomic E-state index is 11.7. The first-order valence-electron chi connectivity index (χ1n) is 10.5. The molecule has 31 heavy (non-hydrogen) atoms. The van der Waals surface area contributed by atoms with E-state index in [1.807, 2.05) is 20.8 Å². The molecule has 0 fully saturated rings. The second kappa shape index (κ2) is 17.5. The van der Waals surface area contributed by atoms with E-state index in [-0.39, 0.29) is 26.3 Å². The Morgan fingerprint density at radius 1 is 0.806 bits per heavy atom. The summed E-state index contributed by atoms with van der Waals surface area (Å²) in [6, 6.07) is 0.131. The molecule has 0 saturated carbocycles. The molecule has 0 aliphatic carbocycles. The lowest BCUT2D eigenvalue weighted by atomic mass is 10.4. The minimum atomic E-state index is -2.72. The van der Waals surface area contributed by atoms with Crippen LogP contribution in [0, 0.1) is 0 Å². The van der Waals surface area contributed by atoms with Crippen molar-refractivity contribution < 1.29 is 37.1 Å². The van der Waals surface area contributed by atoms with Gasteiger partial charge in [0, 0.05) is 38.0 Å². The molecule has 3 amide bonds. The van der Waals surface area contributed by atoms with Crippen LogP contribution in [0.25, 0.3) is 0 Å². The van der Waals surface area contributed by atoms with Crippen molar-refractivity contribution in [3.8, 4) is 0 Å². The molecule has 0 spiro atoms. The number of esters is 1. The lowest BCUT2D eigenvalue weighted by Crippen LogP contribution is -2.46. The van der Waals surface area contributed by atoms with Crippen LogP contribution in [0.2, 0.25) is 6.04 Å². The van der Waals surface area contributed by atoms with E-state index >= 15 is 0 Å². The van der Waals surface area contributed by atoms with E-state index in [1.165, 1.54) is 6.92 Å². The van der Waals surface area contributed by atoms with Gasteiger partial charge in [-0.3, -0.25) is 0 Å². The molecule has 0 radical (unpaired) electrons. The summed E-state index contributed by atoms with van der Waals surface area (Å²) in [5.74, 6) is -0.511. The van der Waals surface area contributed by atoms with Crippen LogP contribution >= 0.6 is 0 Å². The number of hydrogen-bond acceptors (Lipinski definition) is 8. The van der Waals surface area contributed by atoms with E-state index in [0.29, 0.717) is 44.4 Å². The number of urea groups is 1. The standard InChI is InChI=1S/C19H37N3O8Si/c1-6-28-31(29-7-2,30-8-3)15-9-10-22-19(25)27-14-12-21-18(24)20-11-13-26-17(23)16(4)5/h4,6-15H2,1-3,5H3,(H,22,25)(H2,20,21,24). The van der Waals surface area contributed by atoms with Gasteiger partial charge in [0.1, 0.15) is 13.2 Å². The fraction of sp³-hybridized carbons (Fsp3) is 0.737. The molecular weight excluding hydrogens is 426 g/mol. The first-order valence-corrected chi connectivity index (χ1v) is 12.4. The van der Waals surface area contributed by atoms with Gasteiger partial charge in [0.25, 0.3) is 0 Å². The Kier molecular flexibility index (Phi) is 16.3. The molecule has 0 rings (SSSR count). The molecule has 11 nitrogen and oxygen atoms in total. The molecular formula is C19H37N3O8Si. The maximum absolute atomic E-state index is 11.7. The van der Waals surface area contributed by atoms with Gasteiger partial charge in [-0.05, 0) is 34.1 Å². The van der Waals surface area contributed by atoms with Gasteiger partial charge in [0.05, 0.1) is 13.1 Å². The summed E-state index contributed by atoms with van der Waals surface area (Å²) in [5.41, 5.74) is 0.291. The van der Waals surface area contributed by atoms with Crippen LogP contribution in [0.4, 0.5) is 9.59 Å². The van der Waals surface area contributed by atoms with Crippen LogP contribution in [0.3, 0.4) is 0 Å². The molecule has 0 bridgehead atoms. The Bertz CT molecular complexity index is 545. The highest BCUT2D eigenvalue weighted by molar-refractivity contribution is 6.60. The molecule has 3 N–H and O–H groups in total. The summed E-state index contributed by atoms with van der Waals surface area (Å²) >= 11 is 0. The van der Waals surface area contributed by atoms with E-state index in [9.17, 15) is 14.4 Å². The SMILES string of the molecule is C=C(C)C(=O)OCCNC(=O)NCCOC(=O)NCCC[Si](OCC)(OCC)OCC. The van der Waals surface area contributed by atoms with Crippen molar-refractivity contribution in [2.45, 2.75) is 40.2 Å². The van der Waals surface area contributed by atoms with E-state index in [2.05, 4.69) is 22.5 Å². The van der Waals surface area contributed by atoms with Crippen LogP contribution in [0.15, 0.2) is 12.2 Å². The molecule has 0 atom stereocenters. The zero-order valence-electron chi connectivity index (χ0n) is 19.0. The minimum Gasteiger partial charge on any atom is -0.460 e. The molecule has 180 valence electrons. The molecule has 0 aromatic rings. The lowest BCUT2D eigenvalue weighted by molar-refractivity contribution is -0.138. The molecule has 0 aliphatic heterocycles. The van der Waals surface area contributed by atoms with Gasteiger partial charge in [-0.2, -0.15) is 0 Å².